The molecule has 1 heterocycles. The Morgan fingerprint density at radius 2 is 2.38 bits per heavy atom. The maximum Gasteiger partial charge on any atom is 0.246 e. The van der Waals surface area contributed by atoms with Gasteiger partial charge in [-0.25, -0.2) is 4.98 Å². The Balaban J connectivity index is 2.69. The van der Waals surface area contributed by atoms with Crippen molar-refractivity contribution < 1.29 is 4.79 Å². The van der Waals surface area contributed by atoms with Crippen molar-refractivity contribution in [1.29, 1.82) is 0 Å². The molecule has 86 valence electrons. The molecule has 1 amide bonds. The van der Waals surface area contributed by atoms with Gasteiger partial charge < -0.3 is 9.88 Å². The van der Waals surface area contributed by atoms with Crippen LogP contribution in [0.2, 0.25) is 0 Å². The van der Waals surface area contributed by atoms with Gasteiger partial charge in [0.2, 0.25) is 5.91 Å². The quantitative estimate of drug-likeness (QED) is 0.603. The van der Waals surface area contributed by atoms with Crippen molar-refractivity contribution in [2.75, 3.05) is 0 Å². The summed E-state index contributed by atoms with van der Waals surface area (Å²) in [6, 6.07) is 0. The van der Waals surface area contributed by atoms with E-state index in [-0.39, 0.29) is 5.91 Å². The van der Waals surface area contributed by atoms with E-state index in [9.17, 15) is 4.79 Å². The molecule has 1 N–H and O–H groups in total. The summed E-state index contributed by atoms with van der Waals surface area (Å²) in [6.45, 7) is 12.0. The number of amides is 1. The van der Waals surface area contributed by atoms with Crippen LogP contribution in [-0.4, -0.2) is 15.5 Å². The molecule has 0 atom stereocenters. The summed E-state index contributed by atoms with van der Waals surface area (Å²) in [6.07, 6.45) is 3.73. The van der Waals surface area contributed by atoms with Gasteiger partial charge in [0, 0.05) is 18.3 Å². The van der Waals surface area contributed by atoms with Crippen molar-refractivity contribution in [3.63, 3.8) is 0 Å². The maximum atomic E-state index is 11.3. The van der Waals surface area contributed by atoms with Gasteiger partial charge in [-0.15, -0.1) is 6.58 Å². The molecule has 0 fully saturated rings. The molecule has 0 aliphatic carbocycles. The van der Waals surface area contributed by atoms with E-state index in [1.165, 1.54) is 0 Å². The molecule has 0 aliphatic heterocycles. The fourth-order valence-corrected chi connectivity index (χ4v) is 1.35. The Morgan fingerprint density at radius 1 is 1.69 bits per heavy atom. The summed E-state index contributed by atoms with van der Waals surface area (Å²) < 4.78 is 1.96. The minimum absolute atomic E-state index is 0.147. The Bertz CT molecular complexity index is 418. The second-order valence-electron chi connectivity index (χ2n) is 3.70. The van der Waals surface area contributed by atoms with E-state index in [0.717, 1.165) is 11.5 Å². The van der Waals surface area contributed by atoms with E-state index < -0.39 is 0 Å². The molecule has 0 saturated heterocycles. The first-order chi connectivity index (χ1) is 7.54. The third-order valence-corrected chi connectivity index (χ3v) is 2.10. The lowest BCUT2D eigenvalue weighted by atomic mass is 10.3. The number of carbonyl (C=O) groups is 1. The number of nitrogens with zero attached hydrogens (tertiary/aromatic N) is 2. The van der Waals surface area contributed by atoms with E-state index in [1.807, 2.05) is 17.7 Å². The van der Waals surface area contributed by atoms with Crippen LogP contribution in [0.5, 0.6) is 0 Å². The van der Waals surface area contributed by atoms with E-state index >= 15 is 0 Å². The van der Waals surface area contributed by atoms with E-state index in [4.69, 9.17) is 0 Å². The van der Waals surface area contributed by atoms with Gasteiger partial charge in [-0.3, -0.25) is 4.79 Å². The van der Waals surface area contributed by atoms with Gasteiger partial charge in [0.15, 0.2) is 0 Å². The largest absolute Gasteiger partial charge is 0.345 e. The molecule has 0 radical (unpaired) electrons. The summed E-state index contributed by atoms with van der Waals surface area (Å²) in [5, 5.41) is 2.75. The summed E-state index contributed by atoms with van der Waals surface area (Å²) in [4.78, 5) is 15.7. The molecular formula is C12H17N3O. The molecule has 1 aromatic heterocycles. The molecule has 1 rings (SSSR count). The first-order valence-electron chi connectivity index (χ1n) is 5.12. The molecule has 16 heavy (non-hydrogen) atoms. The number of aromatic nitrogens is 2. The van der Waals surface area contributed by atoms with Crippen molar-refractivity contribution >= 4 is 5.91 Å². The SMILES string of the molecule is C=CCn1cc(C)nc1CNC(=O)C(=C)C. The highest BCUT2D eigenvalue weighted by Crippen LogP contribution is 2.03. The summed E-state index contributed by atoms with van der Waals surface area (Å²) in [5.74, 6) is 0.679. The van der Waals surface area contributed by atoms with E-state index in [1.54, 1.807) is 13.0 Å². The zero-order valence-corrected chi connectivity index (χ0v) is 9.79. The standard InChI is InChI=1S/C12H17N3O/c1-5-6-15-8-10(4)14-11(15)7-13-12(16)9(2)3/h5,8H,1-2,6-7H2,3-4H3,(H,13,16). The van der Waals surface area contributed by atoms with Crippen LogP contribution in [0, 0.1) is 6.92 Å². The normalized spacial score (nSPS) is 9.88. The molecule has 1 aromatic rings. The number of hydrogen-bond donors (Lipinski definition) is 1. The van der Waals surface area contributed by atoms with Crippen LogP contribution in [0.15, 0.2) is 31.0 Å². The molecule has 4 heteroatoms. The molecular weight excluding hydrogens is 202 g/mol. The third-order valence-electron chi connectivity index (χ3n) is 2.10. The zero-order valence-electron chi connectivity index (χ0n) is 9.79. The van der Waals surface area contributed by atoms with Crippen LogP contribution >= 0.6 is 0 Å². The molecule has 0 spiro atoms. The van der Waals surface area contributed by atoms with Crippen LogP contribution in [0.3, 0.4) is 0 Å². The molecule has 0 aliphatic rings. The molecule has 0 unspecified atom stereocenters. The first-order valence-corrected chi connectivity index (χ1v) is 5.12. The van der Waals surface area contributed by atoms with Gasteiger partial charge in [-0.2, -0.15) is 0 Å². The van der Waals surface area contributed by atoms with Crippen LogP contribution in [-0.2, 0) is 17.9 Å². The zero-order chi connectivity index (χ0) is 12.1. The van der Waals surface area contributed by atoms with Crippen molar-refractivity contribution in [3.8, 4) is 0 Å². The second-order valence-corrected chi connectivity index (χ2v) is 3.70. The number of hydrogen-bond acceptors (Lipinski definition) is 2. The van der Waals surface area contributed by atoms with Crippen LogP contribution in [0.4, 0.5) is 0 Å². The highest BCUT2D eigenvalue weighted by molar-refractivity contribution is 5.91. The smallest absolute Gasteiger partial charge is 0.246 e. The fraction of sp³-hybridized carbons (Fsp3) is 0.333. The molecule has 0 saturated carbocycles. The summed E-state index contributed by atoms with van der Waals surface area (Å²) in [5.41, 5.74) is 1.43. The van der Waals surface area contributed by atoms with Gasteiger partial charge in [0.1, 0.15) is 5.82 Å². The Kier molecular flexibility index (Phi) is 4.05. The average Bonchev–Trinajstić information content (AvgIpc) is 2.56. The number of imidazole rings is 1. The Labute approximate surface area is 95.7 Å². The number of allylic oxidation sites excluding steroid dienone is 1. The topological polar surface area (TPSA) is 46.9 Å². The predicted octanol–water partition coefficient (Wildman–Crippen LogP) is 1.57. The fourth-order valence-electron chi connectivity index (χ4n) is 1.35. The number of carbonyl (C=O) groups excluding carboxylic acids is 1. The monoisotopic (exact) mass is 219 g/mol. The second kappa shape index (κ2) is 5.30. The van der Waals surface area contributed by atoms with E-state index in [2.05, 4.69) is 23.5 Å². The molecule has 4 nitrogen and oxygen atoms in total. The number of rotatable bonds is 5. The highest BCUT2D eigenvalue weighted by Gasteiger charge is 2.06. The molecule has 0 aromatic carbocycles. The predicted molar refractivity (Wildman–Crippen MR) is 63.8 cm³/mol. The van der Waals surface area contributed by atoms with Crippen LogP contribution < -0.4 is 5.32 Å². The summed E-state index contributed by atoms with van der Waals surface area (Å²) in [7, 11) is 0. The molecule has 0 bridgehead atoms. The lowest BCUT2D eigenvalue weighted by Gasteiger charge is -2.06. The van der Waals surface area contributed by atoms with Crippen molar-refractivity contribution in [2.24, 2.45) is 0 Å². The minimum Gasteiger partial charge on any atom is -0.345 e. The van der Waals surface area contributed by atoms with Crippen LogP contribution in [0.25, 0.3) is 0 Å². The van der Waals surface area contributed by atoms with E-state index in [0.29, 0.717) is 18.7 Å². The van der Waals surface area contributed by atoms with Gasteiger partial charge in [0.05, 0.1) is 12.2 Å². The number of aryl methyl sites for hydroxylation is 1. The Hall–Kier alpha value is -1.84. The Morgan fingerprint density at radius 3 is 2.94 bits per heavy atom. The average molecular weight is 219 g/mol. The van der Waals surface area contributed by atoms with Gasteiger partial charge in [-0.05, 0) is 13.8 Å². The maximum absolute atomic E-state index is 11.3. The summed E-state index contributed by atoms with van der Waals surface area (Å²) >= 11 is 0. The number of nitrogens with one attached hydrogen (secondary N) is 1. The highest BCUT2D eigenvalue weighted by atomic mass is 16.1. The van der Waals surface area contributed by atoms with Crippen LogP contribution in [0.1, 0.15) is 18.4 Å². The van der Waals surface area contributed by atoms with Gasteiger partial charge in [0.25, 0.3) is 0 Å². The van der Waals surface area contributed by atoms with Crippen molar-refractivity contribution in [2.45, 2.75) is 26.9 Å². The van der Waals surface area contributed by atoms with Gasteiger partial charge >= 0.3 is 0 Å². The third kappa shape index (κ3) is 3.08. The minimum atomic E-state index is -0.147. The lowest BCUT2D eigenvalue weighted by Crippen LogP contribution is -2.24. The van der Waals surface area contributed by atoms with Crippen molar-refractivity contribution in [3.05, 3.63) is 42.5 Å². The first kappa shape index (κ1) is 12.2. The van der Waals surface area contributed by atoms with Crippen molar-refractivity contribution in [1.82, 2.24) is 14.9 Å². The van der Waals surface area contributed by atoms with Gasteiger partial charge in [-0.1, -0.05) is 12.7 Å². The lowest BCUT2D eigenvalue weighted by molar-refractivity contribution is -0.117.